The Morgan fingerprint density at radius 3 is 1.76 bits per heavy atom. The van der Waals surface area contributed by atoms with Crippen molar-refractivity contribution < 1.29 is 9.53 Å². The molecule has 2 saturated carbocycles. The summed E-state index contributed by atoms with van der Waals surface area (Å²) in [6, 6.07) is 0. The Morgan fingerprint density at radius 1 is 0.952 bits per heavy atom. The molecule has 2 aliphatic carbocycles. The number of carbonyl (C=O) groups is 1. The van der Waals surface area contributed by atoms with Gasteiger partial charge < -0.3 is 4.74 Å². The normalized spacial score (nSPS) is 22.5. The van der Waals surface area contributed by atoms with E-state index in [4.69, 9.17) is 4.74 Å². The summed E-state index contributed by atoms with van der Waals surface area (Å²) in [4.78, 5) is 13.0. The predicted octanol–water partition coefficient (Wildman–Crippen LogP) is 6.09. The molecule has 21 heavy (non-hydrogen) atoms. The van der Waals surface area contributed by atoms with Crippen LogP contribution in [0.2, 0.25) is 0 Å². The highest BCUT2D eigenvalue weighted by molar-refractivity contribution is 7.91. The third-order valence-electron chi connectivity index (χ3n) is 5.60. The maximum Gasteiger partial charge on any atom is 0.450 e. The van der Waals surface area contributed by atoms with Crippen LogP contribution >= 0.6 is 7.26 Å². The predicted molar refractivity (Wildman–Crippen MR) is 92.8 cm³/mol. The van der Waals surface area contributed by atoms with E-state index in [2.05, 4.69) is 20.5 Å². The van der Waals surface area contributed by atoms with Crippen molar-refractivity contribution >= 4 is 13.0 Å². The quantitative estimate of drug-likeness (QED) is 0.574. The monoisotopic (exact) mass is 313 g/mol. The van der Waals surface area contributed by atoms with Crippen LogP contribution in [-0.4, -0.2) is 30.3 Å². The number of ether oxygens (including phenoxy) is 1. The Hall–Kier alpha value is -0.100. The van der Waals surface area contributed by atoms with Crippen molar-refractivity contribution in [2.24, 2.45) is 5.92 Å². The Balaban J connectivity index is 2.12. The lowest BCUT2D eigenvalue weighted by Crippen LogP contribution is -2.32. The van der Waals surface area contributed by atoms with E-state index in [1.165, 1.54) is 64.2 Å². The van der Waals surface area contributed by atoms with E-state index in [-0.39, 0.29) is 5.71 Å². The molecule has 0 bridgehead atoms. The molecule has 0 aromatic heterocycles. The van der Waals surface area contributed by atoms with Crippen LogP contribution in [0.25, 0.3) is 0 Å². The topological polar surface area (TPSA) is 26.3 Å². The van der Waals surface area contributed by atoms with E-state index in [1.54, 1.807) is 0 Å². The smallest absolute Gasteiger partial charge is 0.436 e. The fourth-order valence-corrected chi connectivity index (χ4v) is 8.63. The minimum Gasteiger partial charge on any atom is -0.436 e. The van der Waals surface area contributed by atoms with Gasteiger partial charge in [-0.25, -0.2) is 4.79 Å². The first-order valence-corrected chi connectivity index (χ1v) is 11.5. The van der Waals surface area contributed by atoms with Crippen molar-refractivity contribution in [1.82, 2.24) is 0 Å². The van der Waals surface area contributed by atoms with Crippen molar-refractivity contribution in [2.75, 3.05) is 13.3 Å². The molecule has 0 radical (unpaired) electrons. The molecule has 0 atom stereocenters. The minimum absolute atomic E-state index is 0.218. The molecule has 2 fully saturated rings. The van der Waals surface area contributed by atoms with E-state index in [0.29, 0.717) is 23.8 Å². The molecule has 0 amide bonds. The first-order chi connectivity index (χ1) is 10.0. The summed E-state index contributed by atoms with van der Waals surface area (Å²) in [5, 5.41) is 0. The van der Waals surface area contributed by atoms with Crippen molar-refractivity contribution in [3.05, 3.63) is 0 Å². The molecule has 0 N–H and O–H groups in total. The minimum atomic E-state index is -1.63. The molecule has 2 aliphatic rings. The molecule has 0 aliphatic heterocycles. The molecule has 2 rings (SSSR count). The van der Waals surface area contributed by atoms with Crippen molar-refractivity contribution in [2.45, 2.75) is 89.4 Å². The largest absolute Gasteiger partial charge is 0.450 e. The van der Waals surface area contributed by atoms with Crippen LogP contribution in [0.15, 0.2) is 0 Å². The van der Waals surface area contributed by atoms with E-state index in [1.807, 2.05) is 0 Å². The third kappa shape index (κ3) is 4.21. The zero-order chi connectivity index (χ0) is 15.3. The number of hydrogen-bond acceptors (Lipinski definition) is 2. The highest BCUT2D eigenvalue weighted by atomic mass is 31.2. The first kappa shape index (κ1) is 17.3. The van der Waals surface area contributed by atoms with Gasteiger partial charge in [-0.1, -0.05) is 26.7 Å². The zero-order valence-electron chi connectivity index (χ0n) is 14.3. The Bertz CT molecular complexity index is 310. The first-order valence-electron chi connectivity index (χ1n) is 9.08. The summed E-state index contributed by atoms with van der Waals surface area (Å²) < 4.78 is 5.79. The Labute approximate surface area is 131 Å². The summed E-state index contributed by atoms with van der Waals surface area (Å²) in [5.74, 6) is 0.445. The second kappa shape index (κ2) is 7.95. The van der Waals surface area contributed by atoms with Crippen LogP contribution in [0, 0.1) is 5.92 Å². The van der Waals surface area contributed by atoms with Gasteiger partial charge in [0.05, 0.1) is 24.6 Å². The second-order valence-electron chi connectivity index (χ2n) is 7.70. The van der Waals surface area contributed by atoms with Gasteiger partial charge in [-0.2, -0.15) is 0 Å². The number of carbonyl (C=O) groups excluding carboxylic acids is 1. The third-order valence-corrected chi connectivity index (χ3v) is 10.6. The van der Waals surface area contributed by atoms with Crippen LogP contribution < -0.4 is 0 Å². The van der Waals surface area contributed by atoms with Gasteiger partial charge in [-0.15, -0.1) is 0 Å². The molecular formula is C18H34O2P+. The van der Waals surface area contributed by atoms with E-state index in [0.717, 1.165) is 0 Å². The van der Waals surface area contributed by atoms with Gasteiger partial charge in [0.2, 0.25) is 0 Å². The average molecular weight is 313 g/mol. The SMILES string of the molecule is CC(C)COC(=O)[P+](C)(C1CCCCC1)C1CCCCC1. The van der Waals surface area contributed by atoms with Crippen molar-refractivity contribution in [3.63, 3.8) is 0 Å². The summed E-state index contributed by atoms with van der Waals surface area (Å²) in [6.45, 7) is 7.21. The van der Waals surface area contributed by atoms with Crippen LogP contribution in [0.4, 0.5) is 4.79 Å². The van der Waals surface area contributed by atoms with Gasteiger partial charge in [0, 0.05) is 0 Å². The summed E-state index contributed by atoms with van der Waals surface area (Å²) in [6.07, 6.45) is 13.1. The van der Waals surface area contributed by atoms with Crippen molar-refractivity contribution in [3.8, 4) is 0 Å². The molecule has 0 saturated heterocycles. The fourth-order valence-electron chi connectivity index (χ4n) is 4.21. The summed E-state index contributed by atoms with van der Waals surface area (Å²) in [5.41, 5.74) is 1.54. The highest BCUT2D eigenvalue weighted by Crippen LogP contribution is 2.70. The van der Waals surface area contributed by atoms with E-state index >= 15 is 0 Å². The van der Waals surface area contributed by atoms with Gasteiger partial charge in [-0.05, 0) is 57.3 Å². The highest BCUT2D eigenvalue weighted by Gasteiger charge is 2.56. The number of rotatable bonds is 5. The molecule has 3 heteroatoms. The standard InChI is InChI=1S/C18H34O2P/c1-15(2)14-20-18(19)21(3,16-10-6-4-7-11-16)17-12-8-5-9-13-17/h15-17H,4-14H2,1-3H3/q+1. The lowest BCUT2D eigenvalue weighted by molar-refractivity contribution is 0.157. The average Bonchev–Trinajstić information content (AvgIpc) is 2.53. The molecule has 2 nitrogen and oxygen atoms in total. The Morgan fingerprint density at radius 2 is 1.38 bits per heavy atom. The van der Waals surface area contributed by atoms with Crippen LogP contribution in [0.1, 0.15) is 78.1 Å². The van der Waals surface area contributed by atoms with Crippen LogP contribution in [0.3, 0.4) is 0 Å². The molecule has 122 valence electrons. The maximum absolute atomic E-state index is 13.0. The lowest BCUT2D eigenvalue weighted by atomic mass is 9.99. The van der Waals surface area contributed by atoms with E-state index < -0.39 is 7.26 Å². The van der Waals surface area contributed by atoms with Gasteiger partial charge >= 0.3 is 5.71 Å². The maximum atomic E-state index is 13.0. The fraction of sp³-hybridized carbons (Fsp3) is 0.944. The van der Waals surface area contributed by atoms with Gasteiger partial charge in [-0.3, -0.25) is 0 Å². The molecule has 0 aromatic carbocycles. The second-order valence-corrected chi connectivity index (χ2v) is 11.8. The zero-order valence-corrected chi connectivity index (χ0v) is 15.2. The molecule has 0 heterocycles. The van der Waals surface area contributed by atoms with Crippen LogP contribution in [-0.2, 0) is 4.74 Å². The molecule has 0 unspecified atom stereocenters. The number of hydrogen-bond donors (Lipinski definition) is 0. The van der Waals surface area contributed by atoms with Crippen molar-refractivity contribution in [1.29, 1.82) is 0 Å². The van der Waals surface area contributed by atoms with Crippen LogP contribution in [0.5, 0.6) is 0 Å². The van der Waals surface area contributed by atoms with Gasteiger partial charge in [0.15, 0.2) is 0 Å². The lowest BCUT2D eigenvalue weighted by Gasteiger charge is -2.38. The van der Waals surface area contributed by atoms with Gasteiger partial charge in [0.25, 0.3) is 0 Å². The molecular weight excluding hydrogens is 279 g/mol. The molecule has 0 aromatic rings. The molecule has 0 spiro atoms. The summed E-state index contributed by atoms with van der Waals surface area (Å²) in [7, 11) is -1.63. The van der Waals surface area contributed by atoms with E-state index in [9.17, 15) is 4.79 Å². The Kier molecular flexibility index (Phi) is 6.53. The van der Waals surface area contributed by atoms with Gasteiger partial charge in [0.1, 0.15) is 7.26 Å². The summed E-state index contributed by atoms with van der Waals surface area (Å²) >= 11 is 0.